The van der Waals surface area contributed by atoms with Gasteiger partial charge in [0.1, 0.15) is 0 Å². The predicted molar refractivity (Wildman–Crippen MR) is 80.1 cm³/mol. The van der Waals surface area contributed by atoms with Gasteiger partial charge in [0, 0.05) is 24.5 Å². The Labute approximate surface area is 133 Å². The van der Waals surface area contributed by atoms with Crippen molar-refractivity contribution in [3.63, 3.8) is 0 Å². The van der Waals surface area contributed by atoms with Crippen molar-refractivity contribution in [3.05, 3.63) is 29.3 Å². The Morgan fingerprint density at radius 1 is 1.17 bits per heavy atom. The molecule has 2 rings (SSSR count). The molecule has 5 nitrogen and oxygen atoms in total. The van der Waals surface area contributed by atoms with Gasteiger partial charge in [-0.3, -0.25) is 0 Å². The molecule has 0 unspecified atom stereocenters. The SMILES string of the molecule is CC1(C)OB(C(=Cc2cnc(C(F)(F)F)nc2)CN)OC1(C)C. The largest absolute Gasteiger partial charge is 0.491 e. The summed E-state index contributed by atoms with van der Waals surface area (Å²) in [5.41, 5.74) is 5.68. The normalized spacial score (nSPS) is 20.9. The summed E-state index contributed by atoms with van der Waals surface area (Å²) in [7, 11) is -0.660. The van der Waals surface area contributed by atoms with Gasteiger partial charge in [0.25, 0.3) is 0 Å². The Morgan fingerprint density at radius 3 is 2.04 bits per heavy atom. The van der Waals surface area contributed by atoms with Gasteiger partial charge in [-0.25, -0.2) is 9.97 Å². The lowest BCUT2D eigenvalue weighted by Crippen LogP contribution is -2.41. The third-order valence-corrected chi connectivity index (χ3v) is 4.07. The summed E-state index contributed by atoms with van der Waals surface area (Å²) < 4.78 is 49.1. The molecule has 0 spiro atoms. The van der Waals surface area contributed by atoms with Gasteiger partial charge in [-0.2, -0.15) is 13.2 Å². The zero-order valence-electron chi connectivity index (χ0n) is 13.4. The van der Waals surface area contributed by atoms with Gasteiger partial charge in [-0.05, 0) is 33.2 Å². The summed E-state index contributed by atoms with van der Waals surface area (Å²) in [6.07, 6.45) is -0.791. The Hall–Kier alpha value is -1.45. The molecule has 1 aliphatic rings. The standard InChI is InChI=1S/C14H19BF3N3O2/c1-12(2)13(3,4)23-15(22-12)10(6-19)5-9-7-20-11(21-8-9)14(16,17)18/h5,7-8H,6,19H2,1-4H3. The van der Waals surface area contributed by atoms with Crippen LogP contribution in [0.25, 0.3) is 6.08 Å². The third-order valence-electron chi connectivity index (χ3n) is 4.07. The highest BCUT2D eigenvalue weighted by Gasteiger charge is 2.52. The Kier molecular flexibility index (Phi) is 4.58. The molecule has 0 radical (unpaired) electrons. The van der Waals surface area contributed by atoms with E-state index >= 15 is 0 Å². The number of alkyl halides is 3. The lowest BCUT2D eigenvalue weighted by Gasteiger charge is -2.32. The molecule has 126 valence electrons. The van der Waals surface area contributed by atoms with Crippen LogP contribution >= 0.6 is 0 Å². The van der Waals surface area contributed by atoms with Crippen LogP contribution in [0, 0.1) is 0 Å². The molecule has 0 atom stereocenters. The van der Waals surface area contributed by atoms with Crippen molar-refractivity contribution in [1.29, 1.82) is 0 Å². The van der Waals surface area contributed by atoms with E-state index in [1.54, 1.807) is 6.08 Å². The van der Waals surface area contributed by atoms with Gasteiger partial charge in [0.05, 0.1) is 11.2 Å². The monoisotopic (exact) mass is 329 g/mol. The zero-order valence-corrected chi connectivity index (χ0v) is 13.4. The summed E-state index contributed by atoms with van der Waals surface area (Å²) in [6.45, 7) is 7.76. The molecule has 1 aliphatic heterocycles. The highest BCUT2D eigenvalue weighted by atomic mass is 19.4. The van der Waals surface area contributed by atoms with Crippen LogP contribution < -0.4 is 5.73 Å². The van der Waals surface area contributed by atoms with E-state index in [1.807, 2.05) is 27.7 Å². The first-order chi connectivity index (χ1) is 10.5. The van der Waals surface area contributed by atoms with Crippen LogP contribution in [0.3, 0.4) is 0 Å². The van der Waals surface area contributed by atoms with Crippen molar-refractivity contribution in [2.45, 2.75) is 45.1 Å². The number of halogens is 3. The van der Waals surface area contributed by atoms with E-state index in [0.29, 0.717) is 11.0 Å². The van der Waals surface area contributed by atoms with Gasteiger partial charge in [0.2, 0.25) is 5.82 Å². The van der Waals surface area contributed by atoms with Crippen LogP contribution in [-0.2, 0) is 15.5 Å². The van der Waals surface area contributed by atoms with E-state index in [9.17, 15) is 13.2 Å². The molecule has 1 aromatic rings. The second-order valence-corrected chi connectivity index (χ2v) is 6.35. The fourth-order valence-corrected chi connectivity index (χ4v) is 1.99. The lowest BCUT2D eigenvalue weighted by molar-refractivity contribution is -0.145. The number of hydrogen-bond acceptors (Lipinski definition) is 5. The first-order valence-electron chi connectivity index (χ1n) is 7.12. The molecule has 2 N–H and O–H groups in total. The van der Waals surface area contributed by atoms with Crippen LogP contribution in [0.15, 0.2) is 17.9 Å². The molecular weight excluding hydrogens is 310 g/mol. The van der Waals surface area contributed by atoms with Crippen molar-refractivity contribution in [2.75, 3.05) is 6.54 Å². The fraction of sp³-hybridized carbons (Fsp3) is 0.571. The first kappa shape index (κ1) is 17.9. The summed E-state index contributed by atoms with van der Waals surface area (Å²) in [5, 5.41) is 0. The maximum absolute atomic E-state index is 12.5. The van der Waals surface area contributed by atoms with E-state index in [1.165, 1.54) is 0 Å². The maximum atomic E-state index is 12.5. The van der Waals surface area contributed by atoms with E-state index in [-0.39, 0.29) is 6.54 Å². The molecule has 1 aromatic heterocycles. The fourth-order valence-electron chi connectivity index (χ4n) is 1.99. The van der Waals surface area contributed by atoms with Crippen molar-refractivity contribution in [3.8, 4) is 0 Å². The van der Waals surface area contributed by atoms with E-state index < -0.39 is 30.3 Å². The van der Waals surface area contributed by atoms with Crippen LogP contribution in [0.5, 0.6) is 0 Å². The summed E-state index contributed by atoms with van der Waals surface area (Å²) in [4.78, 5) is 6.64. The van der Waals surface area contributed by atoms with Gasteiger partial charge in [0.15, 0.2) is 0 Å². The maximum Gasteiger partial charge on any atom is 0.491 e. The Bertz CT molecular complexity index is 584. The van der Waals surface area contributed by atoms with E-state index in [4.69, 9.17) is 15.0 Å². The minimum Gasteiger partial charge on any atom is -0.400 e. The minimum absolute atomic E-state index is 0.137. The minimum atomic E-state index is -4.56. The molecule has 9 heteroatoms. The average molecular weight is 329 g/mol. The molecule has 0 aromatic carbocycles. The summed E-state index contributed by atoms with van der Waals surface area (Å²) in [5.74, 6) is -1.18. The topological polar surface area (TPSA) is 70.3 Å². The number of nitrogens with zero attached hydrogens (tertiary/aromatic N) is 2. The molecular formula is C14H19BF3N3O2. The van der Waals surface area contributed by atoms with Crippen molar-refractivity contribution < 1.29 is 22.5 Å². The van der Waals surface area contributed by atoms with Gasteiger partial charge < -0.3 is 15.0 Å². The molecule has 0 aliphatic carbocycles. The van der Waals surface area contributed by atoms with Crippen LogP contribution in [0.4, 0.5) is 13.2 Å². The molecule has 1 saturated heterocycles. The smallest absolute Gasteiger partial charge is 0.400 e. The first-order valence-corrected chi connectivity index (χ1v) is 7.12. The van der Waals surface area contributed by atoms with E-state index in [2.05, 4.69) is 9.97 Å². The van der Waals surface area contributed by atoms with Crippen LogP contribution in [-0.4, -0.2) is 34.8 Å². The number of hydrogen-bond donors (Lipinski definition) is 1. The van der Waals surface area contributed by atoms with Crippen molar-refractivity contribution >= 4 is 13.2 Å². The van der Waals surface area contributed by atoms with E-state index in [0.717, 1.165) is 12.4 Å². The van der Waals surface area contributed by atoms with Gasteiger partial charge in [-0.1, -0.05) is 6.08 Å². The number of rotatable bonds is 3. The predicted octanol–water partition coefficient (Wildman–Crippen LogP) is 2.47. The molecule has 0 amide bonds. The zero-order chi connectivity index (χ0) is 17.5. The number of nitrogens with two attached hydrogens (primary N) is 1. The van der Waals surface area contributed by atoms with Crippen LogP contribution in [0.1, 0.15) is 39.1 Å². The molecule has 0 saturated carbocycles. The summed E-state index contributed by atoms with van der Waals surface area (Å²) >= 11 is 0. The third kappa shape index (κ3) is 3.73. The molecule has 0 bridgehead atoms. The lowest BCUT2D eigenvalue weighted by atomic mass is 9.77. The quantitative estimate of drug-likeness (QED) is 0.863. The highest BCUT2D eigenvalue weighted by Crippen LogP contribution is 2.38. The van der Waals surface area contributed by atoms with Gasteiger partial charge in [-0.15, -0.1) is 0 Å². The average Bonchev–Trinajstić information content (AvgIpc) is 2.64. The second kappa shape index (κ2) is 5.88. The summed E-state index contributed by atoms with van der Waals surface area (Å²) in [6, 6.07) is 0. The molecule has 23 heavy (non-hydrogen) atoms. The second-order valence-electron chi connectivity index (χ2n) is 6.35. The highest BCUT2D eigenvalue weighted by molar-refractivity contribution is 6.55. The van der Waals surface area contributed by atoms with Crippen molar-refractivity contribution in [1.82, 2.24) is 9.97 Å². The molecule has 2 heterocycles. The number of aromatic nitrogens is 2. The molecule has 1 fully saturated rings. The Balaban J connectivity index is 2.23. The Morgan fingerprint density at radius 2 is 1.65 bits per heavy atom. The van der Waals surface area contributed by atoms with Gasteiger partial charge >= 0.3 is 13.3 Å². The van der Waals surface area contributed by atoms with Crippen molar-refractivity contribution in [2.24, 2.45) is 5.73 Å². The van der Waals surface area contributed by atoms with Crippen LogP contribution in [0.2, 0.25) is 0 Å².